The van der Waals surface area contributed by atoms with Gasteiger partial charge in [0, 0.05) is 9.75 Å². The number of nitrogens with one attached hydrogen (secondary N) is 1. The van der Waals surface area contributed by atoms with Crippen LogP contribution < -0.4 is 11.1 Å². The maximum Gasteiger partial charge on any atom is 0.340 e. The van der Waals surface area contributed by atoms with Gasteiger partial charge in [0.1, 0.15) is 5.00 Å². The molecular formula is C15H16N2O4S2. The molecule has 2 aromatic rings. The maximum atomic E-state index is 12.1. The SMILES string of the molecule is Cc1cc(C(=O)O[C@H](C)C(=O)Nc2sccc2C(N)=O)c(C)s1. The van der Waals surface area contributed by atoms with Crippen molar-refractivity contribution in [3.63, 3.8) is 0 Å². The number of rotatable bonds is 5. The zero-order valence-corrected chi connectivity index (χ0v) is 14.5. The summed E-state index contributed by atoms with van der Waals surface area (Å²) in [5.74, 6) is -1.70. The minimum absolute atomic E-state index is 0.228. The molecule has 3 N–H and O–H groups in total. The van der Waals surface area contributed by atoms with Crippen LogP contribution in [0.1, 0.15) is 37.4 Å². The van der Waals surface area contributed by atoms with Gasteiger partial charge in [-0.25, -0.2) is 4.79 Å². The predicted molar refractivity (Wildman–Crippen MR) is 90.1 cm³/mol. The number of anilines is 1. The molecule has 0 saturated heterocycles. The Hall–Kier alpha value is -2.19. The van der Waals surface area contributed by atoms with Crippen molar-refractivity contribution in [2.45, 2.75) is 26.9 Å². The highest BCUT2D eigenvalue weighted by molar-refractivity contribution is 7.14. The molecule has 8 heteroatoms. The van der Waals surface area contributed by atoms with E-state index in [0.717, 1.165) is 9.75 Å². The molecule has 0 saturated carbocycles. The molecule has 23 heavy (non-hydrogen) atoms. The Bertz CT molecular complexity index is 763. The number of primary amides is 1. The Balaban J connectivity index is 2.02. The molecule has 0 bridgehead atoms. The van der Waals surface area contributed by atoms with E-state index in [1.54, 1.807) is 11.4 Å². The Morgan fingerprint density at radius 1 is 1.26 bits per heavy atom. The number of ether oxygens (including phenoxy) is 1. The van der Waals surface area contributed by atoms with Gasteiger partial charge in [0.2, 0.25) is 0 Å². The largest absolute Gasteiger partial charge is 0.449 e. The number of carbonyl (C=O) groups excluding carboxylic acids is 3. The monoisotopic (exact) mass is 352 g/mol. The standard InChI is InChI=1S/C15H16N2O4S2/c1-7-6-11(9(3)23-7)15(20)21-8(2)13(19)17-14-10(12(16)18)4-5-22-14/h4-6,8H,1-3H3,(H2,16,18)(H,17,19)/t8-/m1/s1. The smallest absolute Gasteiger partial charge is 0.340 e. The van der Waals surface area contributed by atoms with Crippen molar-refractivity contribution in [3.05, 3.63) is 38.4 Å². The van der Waals surface area contributed by atoms with E-state index >= 15 is 0 Å². The first-order valence-electron chi connectivity index (χ1n) is 6.75. The molecule has 0 aliphatic carbocycles. The van der Waals surface area contributed by atoms with Crippen molar-refractivity contribution in [1.29, 1.82) is 0 Å². The quantitative estimate of drug-likeness (QED) is 0.808. The van der Waals surface area contributed by atoms with Gasteiger partial charge in [0.25, 0.3) is 11.8 Å². The van der Waals surface area contributed by atoms with Crippen LogP contribution in [0.15, 0.2) is 17.5 Å². The summed E-state index contributed by atoms with van der Waals surface area (Å²) in [6.45, 7) is 5.19. The molecular weight excluding hydrogens is 336 g/mol. The third-order valence-corrected chi connectivity index (χ3v) is 4.88. The maximum absolute atomic E-state index is 12.1. The van der Waals surface area contributed by atoms with Crippen molar-refractivity contribution < 1.29 is 19.1 Å². The number of carbonyl (C=O) groups is 3. The van der Waals surface area contributed by atoms with Crippen molar-refractivity contribution in [2.75, 3.05) is 5.32 Å². The molecule has 6 nitrogen and oxygen atoms in total. The molecule has 1 atom stereocenters. The highest BCUT2D eigenvalue weighted by atomic mass is 32.1. The lowest BCUT2D eigenvalue weighted by molar-refractivity contribution is -0.123. The first-order chi connectivity index (χ1) is 10.8. The fourth-order valence-corrected chi connectivity index (χ4v) is 3.63. The molecule has 0 radical (unpaired) electrons. The van der Waals surface area contributed by atoms with Crippen LogP contribution in [0.25, 0.3) is 0 Å². The normalized spacial score (nSPS) is 11.8. The summed E-state index contributed by atoms with van der Waals surface area (Å²) in [5, 5.41) is 4.54. The van der Waals surface area contributed by atoms with Gasteiger partial charge in [-0.3, -0.25) is 9.59 Å². The topological polar surface area (TPSA) is 98.5 Å². The Labute approximate surface area is 141 Å². The van der Waals surface area contributed by atoms with Gasteiger partial charge in [0.05, 0.1) is 11.1 Å². The average molecular weight is 352 g/mol. The molecule has 0 fully saturated rings. The lowest BCUT2D eigenvalue weighted by Gasteiger charge is -2.13. The number of nitrogens with two attached hydrogens (primary N) is 1. The summed E-state index contributed by atoms with van der Waals surface area (Å²) in [5.41, 5.74) is 5.91. The van der Waals surface area contributed by atoms with Crippen LogP contribution in [-0.2, 0) is 9.53 Å². The molecule has 2 heterocycles. The van der Waals surface area contributed by atoms with Gasteiger partial charge in [-0.1, -0.05) is 0 Å². The molecule has 2 rings (SSSR count). The van der Waals surface area contributed by atoms with Gasteiger partial charge in [0.15, 0.2) is 6.10 Å². The summed E-state index contributed by atoms with van der Waals surface area (Å²) in [6.07, 6.45) is -0.995. The lowest BCUT2D eigenvalue weighted by Crippen LogP contribution is -2.30. The minimum Gasteiger partial charge on any atom is -0.449 e. The minimum atomic E-state index is -0.995. The zero-order valence-electron chi connectivity index (χ0n) is 12.8. The van der Waals surface area contributed by atoms with Gasteiger partial charge < -0.3 is 15.8 Å². The van der Waals surface area contributed by atoms with Crippen LogP contribution in [0.5, 0.6) is 0 Å². The first kappa shape index (κ1) is 17.2. The second-order valence-electron chi connectivity index (χ2n) is 4.89. The number of hydrogen-bond donors (Lipinski definition) is 2. The molecule has 0 aromatic carbocycles. The fraction of sp³-hybridized carbons (Fsp3) is 0.267. The molecule has 122 valence electrons. The first-order valence-corrected chi connectivity index (χ1v) is 8.45. The zero-order chi connectivity index (χ0) is 17.1. The van der Waals surface area contributed by atoms with Gasteiger partial charge in [-0.2, -0.15) is 0 Å². The van der Waals surface area contributed by atoms with E-state index in [-0.39, 0.29) is 5.56 Å². The van der Waals surface area contributed by atoms with Gasteiger partial charge >= 0.3 is 5.97 Å². The number of thiophene rings is 2. The number of amides is 2. The molecule has 2 aromatic heterocycles. The average Bonchev–Trinajstić information content (AvgIpc) is 3.04. The second kappa shape index (κ2) is 6.93. The van der Waals surface area contributed by atoms with Crippen LogP contribution in [0.2, 0.25) is 0 Å². The highest BCUT2D eigenvalue weighted by Crippen LogP contribution is 2.24. The summed E-state index contributed by atoms with van der Waals surface area (Å²) >= 11 is 2.66. The van der Waals surface area contributed by atoms with E-state index in [0.29, 0.717) is 10.6 Å². The van der Waals surface area contributed by atoms with E-state index in [4.69, 9.17) is 10.5 Å². The molecule has 0 unspecified atom stereocenters. The van der Waals surface area contributed by atoms with E-state index in [9.17, 15) is 14.4 Å². The second-order valence-corrected chi connectivity index (χ2v) is 7.27. The Kier molecular flexibility index (Phi) is 5.17. The van der Waals surface area contributed by atoms with Crippen molar-refractivity contribution in [2.24, 2.45) is 5.73 Å². The fourth-order valence-electron chi connectivity index (χ4n) is 1.92. The number of esters is 1. The predicted octanol–water partition coefficient (Wildman–Crippen LogP) is 2.71. The molecule has 0 spiro atoms. The Morgan fingerprint density at radius 2 is 1.96 bits per heavy atom. The summed E-state index contributed by atoms with van der Waals surface area (Å²) in [7, 11) is 0. The molecule has 2 amide bonds. The third kappa shape index (κ3) is 3.96. The molecule has 0 aliphatic heterocycles. The Morgan fingerprint density at radius 3 is 2.52 bits per heavy atom. The van der Waals surface area contributed by atoms with Crippen LogP contribution in [-0.4, -0.2) is 23.9 Å². The summed E-state index contributed by atoms with van der Waals surface area (Å²) in [4.78, 5) is 37.3. The van der Waals surface area contributed by atoms with Gasteiger partial charge in [-0.15, -0.1) is 22.7 Å². The number of hydrogen-bond acceptors (Lipinski definition) is 6. The van der Waals surface area contributed by atoms with Crippen LogP contribution in [0.3, 0.4) is 0 Å². The van der Waals surface area contributed by atoms with Crippen LogP contribution in [0.4, 0.5) is 5.00 Å². The third-order valence-electron chi connectivity index (χ3n) is 3.08. The van der Waals surface area contributed by atoms with E-state index < -0.39 is 23.9 Å². The van der Waals surface area contributed by atoms with Crippen LogP contribution in [0, 0.1) is 13.8 Å². The lowest BCUT2D eigenvalue weighted by atomic mass is 10.2. The highest BCUT2D eigenvalue weighted by Gasteiger charge is 2.22. The van der Waals surface area contributed by atoms with Crippen LogP contribution >= 0.6 is 22.7 Å². The number of aryl methyl sites for hydroxylation is 2. The van der Waals surface area contributed by atoms with Gasteiger partial charge in [-0.05, 0) is 38.3 Å². The van der Waals surface area contributed by atoms with Crippen molar-refractivity contribution in [1.82, 2.24) is 0 Å². The summed E-state index contributed by atoms with van der Waals surface area (Å²) in [6, 6.07) is 3.26. The van der Waals surface area contributed by atoms with Crippen molar-refractivity contribution >= 4 is 45.5 Å². The van der Waals surface area contributed by atoms with Crippen molar-refractivity contribution in [3.8, 4) is 0 Å². The van der Waals surface area contributed by atoms with E-state index in [1.807, 2.05) is 13.8 Å². The molecule has 0 aliphatic rings. The van der Waals surface area contributed by atoms with E-state index in [1.165, 1.54) is 35.7 Å². The van der Waals surface area contributed by atoms with E-state index in [2.05, 4.69) is 5.32 Å². The summed E-state index contributed by atoms with van der Waals surface area (Å²) < 4.78 is 5.19.